The molecule has 1 aromatic carbocycles. The van der Waals surface area contributed by atoms with E-state index >= 15 is 0 Å². The molecule has 5 nitrogen and oxygen atoms in total. The van der Waals surface area contributed by atoms with Crippen LogP contribution in [0.25, 0.3) is 0 Å². The molecule has 0 spiro atoms. The van der Waals surface area contributed by atoms with Gasteiger partial charge in [0.25, 0.3) is 0 Å². The lowest BCUT2D eigenvalue weighted by Crippen LogP contribution is -2.52. The zero-order valence-corrected chi connectivity index (χ0v) is 10.8. The number of rotatable bonds is 2. The summed E-state index contributed by atoms with van der Waals surface area (Å²) in [6.07, 6.45) is 0. The van der Waals surface area contributed by atoms with Crippen LogP contribution in [0.15, 0.2) is 18.2 Å². The minimum absolute atomic E-state index is 0.440. The Kier molecular flexibility index (Phi) is 2.84. The number of para-hydroxylation sites is 1. The number of carbonyl (C=O) groups is 1. The molecule has 0 bridgehead atoms. The van der Waals surface area contributed by atoms with Crippen molar-refractivity contribution in [2.24, 2.45) is 0 Å². The van der Waals surface area contributed by atoms with Gasteiger partial charge in [0.05, 0.1) is 12.2 Å². The largest absolute Gasteiger partial charge is 0.484 e. The van der Waals surface area contributed by atoms with E-state index in [-0.39, 0.29) is 0 Å². The summed E-state index contributed by atoms with van der Waals surface area (Å²) in [7, 11) is 0. The van der Waals surface area contributed by atoms with E-state index < -0.39 is 17.6 Å². The summed E-state index contributed by atoms with van der Waals surface area (Å²) in [5, 5.41) is 9.20. The first-order valence-corrected chi connectivity index (χ1v) is 5.89. The van der Waals surface area contributed by atoms with Crippen LogP contribution in [0.2, 0.25) is 0 Å². The molecular formula is C13H18N2O3. The Bertz CT molecular complexity index is 485. The Morgan fingerprint density at radius 1 is 1.56 bits per heavy atom. The molecular weight excluding hydrogens is 232 g/mol. The molecule has 18 heavy (non-hydrogen) atoms. The van der Waals surface area contributed by atoms with Crippen molar-refractivity contribution in [2.75, 3.05) is 17.2 Å². The van der Waals surface area contributed by atoms with Crippen molar-refractivity contribution in [3.05, 3.63) is 18.2 Å². The number of nitrogen functional groups attached to an aromatic ring is 1. The van der Waals surface area contributed by atoms with Gasteiger partial charge in [-0.1, -0.05) is 6.07 Å². The van der Waals surface area contributed by atoms with Crippen LogP contribution in [-0.2, 0) is 4.79 Å². The average Bonchev–Trinajstić information content (AvgIpc) is 2.25. The monoisotopic (exact) mass is 250 g/mol. The Morgan fingerprint density at radius 2 is 2.22 bits per heavy atom. The fourth-order valence-corrected chi connectivity index (χ4v) is 2.21. The van der Waals surface area contributed by atoms with E-state index in [9.17, 15) is 9.90 Å². The number of carboxylic acid groups (broad SMARTS) is 1. The highest BCUT2D eigenvalue weighted by molar-refractivity contribution is 5.84. The van der Waals surface area contributed by atoms with Gasteiger partial charge in [-0.3, -0.25) is 0 Å². The second-order valence-corrected chi connectivity index (χ2v) is 5.20. The molecule has 1 aliphatic heterocycles. The topological polar surface area (TPSA) is 75.8 Å². The lowest BCUT2D eigenvalue weighted by Gasteiger charge is -2.43. The molecule has 0 radical (unpaired) electrons. The molecule has 1 aromatic rings. The maximum Gasteiger partial charge on any atom is 0.326 e. The van der Waals surface area contributed by atoms with Crippen molar-refractivity contribution in [1.29, 1.82) is 0 Å². The second kappa shape index (κ2) is 4.08. The Labute approximate surface area is 106 Å². The minimum Gasteiger partial charge on any atom is -0.484 e. The molecule has 1 aliphatic rings. The number of hydrogen-bond donors (Lipinski definition) is 2. The molecule has 0 amide bonds. The molecule has 5 heteroatoms. The van der Waals surface area contributed by atoms with Gasteiger partial charge in [-0.2, -0.15) is 0 Å². The fourth-order valence-electron chi connectivity index (χ4n) is 2.21. The van der Waals surface area contributed by atoms with Crippen molar-refractivity contribution < 1.29 is 14.6 Å². The standard InChI is InChI=1S/C13H18N2O3/c1-8(12(16)17)15-7-13(2,3)18-10-6-4-5-9(14)11(10)15/h4-6,8H,7,14H2,1-3H3,(H,16,17). The molecule has 0 saturated heterocycles. The number of aliphatic carboxylic acids is 1. The minimum atomic E-state index is -0.873. The van der Waals surface area contributed by atoms with Gasteiger partial charge >= 0.3 is 5.97 Å². The zero-order chi connectivity index (χ0) is 13.5. The van der Waals surface area contributed by atoms with E-state index in [0.717, 1.165) is 0 Å². The molecule has 98 valence electrons. The predicted molar refractivity (Wildman–Crippen MR) is 70.0 cm³/mol. The Morgan fingerprint density at radius 3 is 2.83 bits per heavy atom. The number of nitrogens with zero attached hydrogens (tertiary/aromatic N) is 1. The van der Waals surface area contributed by atoms with Gasteiger partial charge in [-0.15, -0.1) is 0 Å². The summed E-state index contributed by atoms with van der Waals surface area (Å²) in [5.74, 6) is -0.235. The van der Waals surface area contributed by atoms with Crippen LogP contribution in [0, 0.1) is 0 Å². The van der Waals surface area contributed by atoms with E-state index in [0.29, 0.717) is 23.7 Å². The van der Waals surface area contributed by atoms with E-state index in [2.05, 4.69) is 0 Å². The molecule has 0 aromatic heterocycles. The number of benzene rings is 1. The van der Waals surface area contributed by atoms with Crippen molar-refractivity contribution in [1.82, 2.24) is 0 Å². The van der Waals surface area contributed by atoms with Crippen LogP contribution >= 0.6 is 0 Å². The molecule has 0 fully saturated rings. The number of ether oxygens (including phenoxy) is 1. The van der Waals surface area contributed by atoms with Crippen LogP contribution in [0.1, 0.15) is 20.8 Å². The SMILES string of the molecule is CC(C(=O)O)N1CC(C)(C)Oc2cccc(N)c21. The van der Waals surface area contributed by atoms with Gasteiger partial charge in [-0.05, 0) is 32.9 Å². The fraction of sp³-hybridized carbons (Fsp3) is 0.462. The lowest BCUT2D eigenvalue weighted by molar-refractivity contribution is -0.138. The van der Waals surface area contributed by atoms with E-state index in [1.165, 1.54) is 0 Å². The van der Waals surface area contributed by atoms with E-state index in [1.807, 2.05) is 19.9 Å². The molecule has 0 aliphatic carbocycles. The first-order chi connectivity index (χ1) is 8.32. The summed E-state index contributed by atoms with van der Waals surface area (Å²) in [4.78, 5) is 13.0. The second-order valence-electron chi connectivity index (χ2n) is 5.20. The van der Waals surface area contributed by atoms with Crippen LogP contribution in [0.4, 0.5) is 11.4 Å². The summed E-state index contributed by atoms with van der Waals surface area (Å²) >= 11 is 0. The third-order valence-corrected chi connectivity index (χ3v) is 3.08. The van der Waals surface area contributed by atoms with E-state index in [1.54, 1.807) is 24.0 Å². The van der Waals surface area contributed by atoms with Crippen LogP contribution < -0.4 is 15.4 Å². The maximum atomic E-state index is 11.2. The van der Waals surface area contributed by atoms with Gasteiger partial charge < -0.3 is 20.5 Å². The normalized spacial score (nSPS) is 18.7. The Balaban J connectivity index is 2.51. The highest BCUT2D eigenvalue weighted by Gasteiger charge is 2.36. The summed E-state index contributed by atoms with van der Waals surface area (Å²) < 4.78 is 5.85. The van der Waals surface area contributed by atoms with Gasteiger partial charge in [0.2, 0.25) is 0 Å². The van der Waals surface area contributed by atoms with Gasteiger partial charge in [-0.25, -0.2) is 4.79 Å². The van der Waals surface area contributed by atoms with Gasteiger partial charge in [0.1, 0.15) is 23.1 Å². The van der Waals surface area contributed by atoms with Crippen LogP contribution in [0.5, 0.6) is 5.75 Å². The predicted octanol–water partition coefficient (Wildman–Crippen LogP) is 1.72. The maximum absolute atomic E-state index is 11.2. The number of anilines is 2. The first-order valence-electron chi connectivity index (χ1n) is 5.89. The Hall–Kier alpha value is -1.91. The summed E-state index contributed by atoms with van der Waals surface area (Å²) in [6, 6.07) is 4.73. The summed E-state index contributed by atoms with van der Waals surface area (Å²) in [5.41, 5.74) is 6.71. The third-order valence-electron chi connectivity index (χ3n) is 3.08. The molecule has 2 rings (SSSR count). The van der Waals surface area contributed by atoms with E-state index in [4.69, 9.17) is 10.5 Å². The van der Waals surface area contributed by atoms with Crippen LogP contribution in [0.3, 0.4) is 0 Å². The van der Waals surface area contributed by atoms with Gasteiger partial charge in [0, 0.05) is 0 Å². The molecule has 1 atom stereocenters. The number of carboxylic acids is 1. The van der Waals surface area contributed by atoms with Gasteiger partial charge in [0.15, 0.2) is 0 Å². The average molecular weight is 250 g/mol. The van der Waals surface area contributed by atoms with Crippen molar-refractivity contribution in [2.45, 2.75) is 32.4 Å². The lowest BCUT2D eigenvalue weighted by atomic mass is 10.0. The van der Waals surface area contributed by atoms with Crippen molar-refractivity contribution in [3.63, 3.8) is 0 Å². The van der Waals surface area contributed by atoms with Crippen molar-refractivity contribution >= 4 is 17.3 Å². The molecule has 1 heterocycles. The molecule has 0 saturated carbocycles. The molecule has 1 unspecified atom stereocenters. The zero-order valence-electron chi connectivity index (χ0n) is 10.8. The highest BCUT2D eigenvalue weighted by Crippen LogP contribution is 2.41. The van der Waals surface area contributed by atoms with Crippen LogP contribution in [-0.4, -0.2) is 29.3 Å². The smallest absolute Gasteiger partial charge is 0.326 e. The number of nitrogens with two attached hydrogens (primary N) is 1. The summed E-state index contributed by atoms with van der Waals surface area (Å²) in [6.45, 7) is 6.00. The molecule has 3 N–H and O–H groups in total. The number of fused-ring (bicyclic) bond motifs is 1. The quantitative estimate of drug-likeness (QED) is 0.782. The third kappa shape index (κ3) is 2.08. The highest BCUT2D eigenvalue weighted by atomic mass is 16.5. The first kappa shape index (κ1) is 12.5. The van der Waals surface area contributed by atoms with Crippen molar-refractivity contribution in [3.8, 4) is 5.75 Å². The number of hydrogen-bond acceptors (Lipinski definition) is 4.